The highest BCUT2D eigenvalue weighted by Crippen LogP contribution is 1.96. The summed E-state index contributed by atoms with van der Waals surface area (Å²) in [6.07, 6.45) is 2.00. The van der Waals surface area contributed by atoms with Gasteiger partial charge >= 0.3 is 5.97 Å². The third-order valence-electron chi connectivity index (χ3n) is 1.97. The summed E-state index contributed by atoms with van der Waals surface area (Å²) in [7, 11) is 0. The van der Waals surface area contributed by atoms with Gasteiger partial charge in [-0.2, -0.15) is 0 Å². The number of carboxylic acid groups (broad SMARTS) is 1. The summed E-state index contributed by atoms with van der Waals surface area (Å²) in [5.41, 5.74) is 11.7. The van der Waals surface area contributed by atoms with E-state index in [-0.39, 0.29) is 0 Å². The molecule has 5 N–H and O–H groups in total. The van der Waals surface area contributed by atoms with Crippen LogP contribution in [0.25, 0.3) is 0 Å². The number of hydrogen-bond acceptors (Lipinski definition) is 4. The molecule has 0 rings (SSSR count). The van der Waals surface area contributed by atoms with Crippen LogP contribution in [0.2, 0.25) is 0 Å². The fraction of sp³-hybridized carbons (Fsp3) is 0.778. The number of nitrogens with two attached hydrogens (primary N) is 2. The summed E-state index contributed by atoms with van der Waals surface area (Å²) in [6, 6.07) is -0.770. The van der Waals surface area contributed by atoms with Crippen LogP contribution < -0.4 is 11.5 Å². The zero-order valence-electron chi connectivity index (χ0n) is 8.57. The molecule has 5 heteroatoms. The Labute approximate surface area is 84.2 Å². The van der Waals surface area contributed by atoms with E-state index in [9.17, 15) is 4.79 Å². The van der Waals surface area contributed by atoms with Gasteiger partial charge in [0.2, 0.25) is 0 Å². The normalized spacial score (nSPS) is 14.1. The minimum atomic E-state index is -0.955. The van der Waals surface area contributed by atoms with Gasteiger partial charge in [0.05, 0.1) is 0 Å². The molecule has 0 amide bonds. The van der Waals surface area contributed by atoms with Crippen LogP contribution in [0.5, 0.6) is 0 Å². The fourth-order valence-corrected chi connectivity index (χ4v) is 0.993. The van der Waals surface area contributed by atoms with Gasteiger partial charge in [-0.25, -0.2) is 0 Å². The molecule has 0 heterocycles. The highest BCUT2D eigenvalue weighted by molar-refractivity contribution is 5.85. The summed E-state index contributed by atoms with van der Waals surface area (Å²) in [4.78, 5) is 14.6. The number of aliphatic imine (C=N–C) groups is 1. The molecule has 14 heavy (non-hydrogen) atoms. The van der Waals surface area contributed by atoms with Crippen molar-refractivity contribution in [1.29, 1.82) is 0 Å². The second-order valence-corrected chi connectivity index (χ2v) is 3.09. The Kier molecular flexibility index (Phi) is 6.96. The summed E-state index contributed by atoms with van der Waals surface area (Å²) < 4.78 is 0. The smallest absolute Gasteiger partial charge is 0.320 e. The topological polar surface area (TPSA) is 102 Å². The largest absolute Gasteiger partial charge is 0.480 e. The van der Waals surface area contributed by atoms with Crippen molar-refractivity contribution in [3.63, 3.8) is 0 Å². The molecular formula is C9H19N3O2. The summed E-state index contributed by atoms with van der Waals surface area (Å²) >= 11 is 0. The van der Waals surface area contributed by atoms with Crippen LogP contribution >= 0.6 is 0 Å². The maximum Gasteiger partial charge on any atom is 0.320 e. The minimum Gasteiger partial charge on any atom is -0.480 e. The van der Waals surface area contributed by atoms with E-state index >= 15 is 0 Å². The Morgan fingerprint density at radius 3 is 2.64 bits per heavy atom. The zero-order chi connectivity index (χ0) is 11.0. The Bertz CT molecular complexity index is 198. The first-order valence-corrected chi connectivity index (χ1v) is 4.82. The minimum absolute atomic E-state index is 0.459. The van der Waals surface area contributed by atoms with Crippen LogP contribution in [0.4, 0.5) is 0 Å². The fourth-order valence-electron chi connectivity index (χ4n) is 0.993. The maximum atomic E-state index is 10.4. The molecule has 0 aliphatic carbocycles. The van der Waals surface area contributed by atoms with E-state index in [1.54, 1.807) is 0 Å². The molecule has 82 valence electrons. The van der Waals surface area contributed by atoms with Crippen LogP contribution in [-0.4, -0.2) is 35.9 Å². The molecule has 0 radical (unpaired) electrons. The number of hydrogen-bond donors (Lipinski definition) is 3. The molecule has 0 unspecified atom stereocenters. The van der Waals surface area contributed by atoms with E-state index in [2.05, 4.69) is 4.99 Å². The Balaban J connectivity index is 3.64. The van der Waals surface area contributed by atoms with Crippen molar-refractivity contribution in [2.24, 2.45) is 16.5 Å². The van der Waals surface area contributed by atoms with Gasteiger partial charge in [0.1, 0.15) is 6.04 Å². The van der Waals surface area contributed by atoms with Gasteiger partial charge in [-0.05, 0) is 19.3 Å². The SMILES string of the molecule is CCC(CN)=NCCC[C@@H](N)C(=O)O. The summed E-state index contributed by atoms with van der Waals surface area (Å²) in [5.74, 6) is -0.955. The van der Waals surface area contributed by atoms with Crippen molar-refractivity contribution < 1.29 is 9.90 Å². The molecule has 0 aliphatic heterocycles. The molecule has 0 spiro atoms. The average molecular weight is 201 g/mol. The monoisotopic (exact) mass is 201 g/mol. The molecule has 0 saturated carbocycles. The van der Waals surface area contributed by atoms with Gasteiger partial charge in [0.25, 0.3) is 0 Å². The lowest BCUT2D eigenvalue weighted by molar-refractivity contribution is -0.138. The molecule has 0 fully saturated rings. The maximum absolute atomic E-state index is 10.4. The number of carboxylic acids is 1. The van der Waals surface area contributed by atoms with Gasteiger partial charge in [-0.15, -0.1) is 0 Å². The summed E-state index contributed by atoms with van der Waals surface area (Å²) in [6.45, 7) is 3.08. The Hall–Kier alpha value is -0.940. The van der Waals surface area contributed by atoms with Gasteiger partial charge in [-0.1, -0.05) is 6.92 Å². The zero-order valence-corrected chi connectivity index (χ0v) is 8.57. The Morgan fingerprint density at radius 1 is 1.57 bits per heavy atom. The predicted molar refractivity (Wildman–Crippen MR) is 56.5 cm³/mol. The standard InChI is InChI=1S/C9H19N3O2/c1-2-7(6-10)12-5-3-4-8(11)9(13)14/h8H,2-6,10-11H2,1H3,(H,13,14)/t8-/m1/s1. The van der Waals surface area contributed by atoms with E-state index < -0.39 is 12.0 Å². The molecule has 0 bridgehead atoms. The number of carbonyl (C=O) groups is 1. The van der Waals surface area contributed by atoms with Gasteiger partial charge in [0.15, 0.2) is 0 Å². The predicted octanol–water partition coefficient (Wildman–Crippen LogP) is -0.0118. The van der Waals surface area contributed by atoms with Crippen LogP contribution in [0.3, 0.4) is 0 Å². The first kappa shape index (κ1) is 13.1. The average Bonchev–Trinajstić information content (AvgIpc) is 2.17. The van der Waals surface area contributed by atoms with E-state index in [0.29, 0.717) is 25.9 Å². The molecular weight excluding hydrogens is 182 g/mol. The molecule has 0 aliphatic rings. The van der Waals surface area contributed by atoms with E-state index in [1.165, 1.54) is 0 Å². The highest BCUT2D eigenvalue weighted by Gasteiger charge is 2.09. The van der Waals surface area contributed by atoms with Crippen molar-refractivity contribution in [3.8, 4) is 0 Å². The number of nitrogens with zero attached hydrogens (tertiary/aromatic N) is 1. The first-order chi connectivity index (χ1) is 6.61. The third-order valence-corrected chi connectivity index (χ3v) is 1.97. The molecule has 1 atom stereocenters. The molecule has 0 aromatic rings. The second-order valence-electron chi connectivity index (χ2n) is 3.09. The van der Waals surface area contributed by atoms with E-state index in [4.69, 9.17) is 16.6 Å². The van der Waals surface area contributed by atoms with Crippen molar-refractivity contribution in [1.82, 2.24) is 0 Å². The lowest BCUT2D eigenvalue weighted by Gasteiger charge is -2.04. The van der Waals surface area contributed by atoms with Crippen LogP contribution in [-0.2, 0) is 4.79 Å². The van der Waals surface area contributed by atoms with E-state index in [0.717, 1.165) is 12.1 Å². The number of rotatable bonds is 7. The second kappa shape index (κ2) is 7.46. The molecule has 0 aromatic carbocycles. The Morgan fingerprint density at radius 2 is 2.21 bits per heavy atom. The van der Waals surface area contributed by atoms with Crippen LogP contribution in [0.15, 0.2) is 4.99 Å². The van der Waals surface area contributed by atoms with Gasteiger partial charge in [0, 0.05) is 18.8 Å². The molecule has 0 aromatic heterocycles. The highest BCUT2D eigenvalue weighted by atomic mass is 16.4. The van der Waals surface area contributed by atoms with Crippen molar-refractivity contribution in [2.45, 2.75) is 32.2 Å². The quantitative estimate of drug-likeness (QED) is 0.398. The lowest BCUT2D eigenvalue weighted by Crippen LogP contribution is -2.30. The lowest BCUT2D eigenvalue weighted by atomic mass is 10.2. The van der Waals surface area contributed by atoms with Crippen molar-refractivity contribution in [2.75, 3.05) is 13.1 Å². The first-order valence-electron chi connectivity index (χ1n) is 4.82. The number of aliphatic carboxylic acids is 1. The molecule has 0 saturated heterocycles. The van der Waals surface area contributed by atoms with E-state index in [1.807, 2.05) is 6.92 Å². The van der Waals surface area contributed by atoms with Crippen LogP contribution in [0.1, 0.15) is 26.2 Å². The van der Waals surface area contributed by atoms with Crippen molar-refractivity contribution >= 4 is 11.7 Å². The molecule has 5 nitrogen and oxygen atoms in total. The third kappa shape index (κ3) is 5.66. The van der Waals surface area contributed by atoms with Crippen LogP contribution in [0, 0.1) is 0 Å². The van der Waals surface area contributed by atoms with Crippen molar-refractivity contribution in [3.05, 3.63) is 0 Å². The van der Waals surface area contributed by atoms with Gasteiger partial charge < -0.3 is 16.6 Å². The van der Waals surface area contributed by atoms with Gasteiger partial charge in [-0.3, -0.25) is 9.79 Å². The summed E-state index contributed by atoms with van der Waals surface area (Å²) in [5, 5.41) is 8.50.